The fourth-order valence-corrected chi connectivity index (χ4v) is 3.18. The molecule has 1 fully saturated rings. The maximum atomic E-state index is 5.23. The number of aliphatic imine (C=N–C) groups is 1. The van der Waals surface area contributed by atoms with E-state index in [0.717, 1.165) is 62.1 Å². The number of hydrogen-bond donors (Lipinski definition) is 2. The highest BCUT2D eigenvalue weighted by Gasteiger charge is 2.17. The molecule has 0 bridgehead atoms. The number of nitrogens with one attached hydrogen (secondary N) is 2. The van der Waals surface area contributed by atoms with Crippen LogP contribution in [-0.2, 0) is 0 Å². The number of rotatable bonds is 8. The Hall–Kier alpha value is -2.97. The maximum Gasteiger partial charge on any atom is 0.160 e. The minimum atomic E-state index is 0.643. The number of hydrogen-bond acceptors (Lipinski definition) is 7. The zero-order chi connectivity index (χ0) is 22.1. The van der Waals surface area contributed by atoms with Gasteiger partial charge in [-0.25, -0.2) is 20.4 Å². The third-order valence-electron chi connectivity index (χ3n) is 5.08. The van der Waals surface area contributed by atoms with E-state index in [-0.39, 0.29) is 0 Å². The molecule has 3 rings (SSSR count). The Bertz CT molecular complexity index is 887. The van der Waals surface area contributed by atoms with Gasteiger partial charge in [-0.05, 0) is 30.8 Å². The summed E-state index contributed by atoms with van der Waals surface area (Å²) in [5.41, 5.74) is 7.32. The Labute approximate surface area is 185 Å². The summed E-state index contributed by atoms with van der Waals surface area (Å²) >= 11 is 0. The van der Waals surface area contributed by atoms with E-state index in [2.05, 4.69) is 39.6 Å². The van der Waals surface area contributed by atoms with Crippen molar-refractivity contribution in [3.63, 3.8) is 0 Å². The highest BCUT2D eigenvalue weighted by molar-refractivity contribution is 5.84. The van der Waals surface area contributed by atoms with Crippen LogP contribution in [0.4, 0.5) is 11.6 Å². The molecule has 0 radical (unpaired) electrons. The van der Waals surface area contributed by atoms with E-state index in [4.69, 9.17) is 14.7 Å². The molecule has 0 amide bonds. The molecule has 31 heavy (non-hydrogen) atoms. The van der Waals surface area contributed by atoms with Crippen molar-refractivity contribution in [2.24, 2.45) is 4.99 Å². The van der Waals surface area contributed by atoms with Gasteiger partial charge in [0.25, 0.3) is 0 Å². The second-order valence-corrected chi connectivity index (χ2v) is 7.41. The molecule has 1 saturated heterocycles. The summed E-state index contributed by atoms with van der Waals surface area (Å²) in [6.45, 7) is 8.83. The topological polar surface area (TPSA) is 77.9 Å². The Morgan fingerprint density at radius 2 is 1.84 bits per heavy atom. The molecule has 2 N–H and O–H groups in total. The van der Waals surface area contributed by atoms with E-state index >= 15 is 0 Å². The molecule has 8 nitrogen and oxygen atoms in total. The van der Waals surface area contributed by atoms with Crippen LogP contribution < -0.4 is 20.5 Å². The van der Waals surface area contributed by atoms with Crippen LogP contribution >= 0.6 is 0 Å². The minimum Gasteiger partial charge on any atom is -0.497 e. The first-order chi connectivity index (χ1) is 15.1. The van der Waals surface area contributed by atoms with Crippen LogP contribution in [0.15, 0.2) is 35.3 Å². The van der Waals surface area contributed by atoms with E-state index in [1.165, 1.54) is 0 Å². The van der Waals surface area contributed by atoms with Crippen LogP contribution in [0.5, 0.6) is 5.75 Å². The van der Waals surface area contributed by atoms with Crippen molar-refractivity contribution >= 4 is 29.6 Å². The van der Waals surface area contributed by atoms with Gasteiger partial charge in [0.05, 0.1) is 7.11 Å². The van der Waals surface area contributed by atoms with Gasteiger partial charge in [-0.2, -0.15) is 0 Å². The molecule has 2 heterocycles. The van der Waals surface area contributed by atoms with Crippen molar-refractivity contribution in [1.29, 1.82) is 0 Å². The lowest BCUT2D eigenvalue weighted by Crippen LogP contribution is -2.44. The third kappa shape index (κ3) is 6.77. The molecule has 8 heteroatoms. The van der Waals surface area contributed by atoms with Crippen molar-refractivity contribution in [3.8, 4) is 5.75 Å². The number of amidine groups is 1. The second kappa shape index (κ2) is 11.4. The van der Waals surface area contributed by atoms with E-state index < -0.39 is 0 Å². The van der Waals surface area contributed by atoms with Crippen molar-refractivity contribution in [2.45, 2.75) is 20.3 Å². The summed E-state index contributed by atoms with van der Waals surface area (Å²) < 4.78 is 5.23. The molecule has 1 aliphatic rings. The smallest absolute Gasteiger partial charge is 0.160 e. The first kappa shape index (κ1) is 22.7. The summed E-state index contributed by atoms with van der Waals surface area (Å²) in [6.07, 6.45) is 4.72. The molecule has 0 saturated carbocycles. The molecular formula is C23H33N7O. The third-order valence-corrected chi connectivity index (χ3v) is 5.08. The molecule has 2 aromatic rings. The first-order valence-corrected chi connectivity index (χ1v) is 10.8. The van der Waals surface area contributed by atoms with Crippen molar-refractivity contribution in [3.05, 3.63) is 41.7 Å². The number of methoxy groups -OCH3 is 1. The number of nitrogens with zero attached hydrogens (tertiary/aromatic N) is 5. The zero-order valence-corrected chi connectivity index (χ0v) is 18.9. The molecule has 1 aliphatic heterocycles. The Morgan fingerprint density at radius 3 is 2.48 bits per heavy atom. The zero-order valence-electron chi connectivity index (χ0n) is 18.9. The molecule has 1 aromatic carbocycles. The summed E-state index contributed by atoms with van der Waals surface area (Å²) in [5.74, 6) is 3.89. The van der Waals surface area contributed by atoms with Gasteiger partial charge in [0.1, 0.15) is 17.4 Å². The van der Waals surface area contributed by atoms with Crippen LogP contribution in [0.1, 0.15) is 31.7 Å². The monoisotopic (exact) mass is 423 g/mol. The largest absolute Gasteiger partial charge is 0.497 e. The highest BCUT2D eigenvalue weighted by atomic mass is 16.5. The number of anilines is 1. The summed E-state index contributed by atoms with van der Waals surface area (Å²) in [5, 5.41) is 0. The highest BCUT2D eigenvalue weighted by Crippen LogP contribution is 2.21. The van der Waals surface area contributed by atoms with Crippen molar-refractivity contribution < 1.29 is 4.74 Å². The normalized spacial score (nSPS) is 15.5. The van der Waals surface area contributed by atoms with Gasteiger partial charge in [0.15, 0.2) is 11.6 Å². The summed E-state index contributed by atoms with van der Waals surface area (Å²) in [4.78, 5) is 18.8. The fourth-order valence-electron chi connectivity index (χ4n) is 3.18. The van der Waals surface area contributed by atoms with Crippen molar-refractivity contribution in [2.75, 3.05) is 51.8 Å². The number of hydrazine groups is 1. The number of ether oxygens (including phenoxy) is 1. The predicted molar refractivity (Wildman–Crippen MR) is 128 cm³/mol. The molecule has 166 valence electrons. The average molecular weight is 424 g/mol. The summed E-state index contributed by atoms with van der Waals surface area (Å²) in [6, 6.07) is 9.87. The Balaban J connectivity index is 1.89. The van der Waals surface area contributed by atoms with Crippen LogP contribution in [0.3, 0.4) is 0 Å². The van der Waals surface area contributed by atoms with Crippen LogP contribution in [0.25, 0.3) is 12.2 Å². The Kier molecular flexibility index (Phi) is 8.37. The predicted octanol–water partition coefficient (Wildman–Crippen LogP) is 2.96. The number of aromatic nitrogens is 2. The molecule has 0 aliphatic carbocycles. The van der Waals surface area contributed by atoms with Gasteiger partial charge in [0.2, 0.25) is 0 Å². The lowest BCUT2D eigenvalue weighted by molar-refractivity contribution is 0.312. The standard InChI is InChI=1S/C23H33N7O/c1-5-20(28-24-6-2)25-22-17-23(30-15-13-29(3)14-16-30)27-21(26-22)12-9-18-7-10-19(31-4)11-8-18/h7-12,17,24H,5-6,13-16H2,1-4H3,(H,25,26,27,28)/b12-9+. The molecular weight excluding hydrogens is 390 g/mol. The second-order valence-electron chi connectivity index (χ2n) is 7.41. The lowest BCUT2D eigenvalue weighted by Gasteiger charge is -2.33. The maximum absolute atomic E-state index is 5.23. The average Bonchev–Trinajstić information content (AvgIpc) is 2.81. The number of piperazine rings is 1. The van der Waals surface area contributed by atoms with Crippen LogP contribution in [0, 0.1) is 0 Å². The molecule has 0 unspecified atom stereocenters. The molecule has 0 atom stereocenters. The van der Waals surface area contributed by atoms with Gasteiger partial charge in [-0.15, -0.1) is 0 Å². The van der Waals surface area contributed by atoms with E-state index in [1.54, 1.807) is 7.11 Å². The van der Waals surface area contributed by atoms with Crippen LogP contribution in [0.2, 0.25) is 0 Å². The summed E-state index contributed by atoms with van der Waals surface area (Å²) in [7, 11) is 3.82. The van der Waals surface area contributed by atoms with Gasteiger partial charge < -0.3 is 20.0 Å². The molecule has 0 spiro atoms. The van der Waals surface area contributed by atoms with Gasteiger partial charge in [0, 0.05) is 45.2 Å². The van der Waals surface area contributed by atoms with E-state index in [9.17, 15) is 0 Å². The van der Waals surface area contributed by atoms with Gasteiger partial charge >= 0.3 is 0 Å². The minimum absolute atomic E-state index is 0.643. The van der Waals surface area contributed by atoms with Crippen LogP contribution in [-0.4, -0.2) is 67.6 Å². The number of likely N-dealkylation sites (N-methyl/N-ethyl adjacent to an activating group) is 1. The first-order valence-electron chi connectivity index (χ1n) is 10.8. The number of benzene rings is 1. The lowest BCUT2D eigenvalue weighted by atomic mass is 10.2. The quantitative estimate of drug-likeness (QED) is 0.384. The van der Waals surface area contributed by atoms with E-state index in [0.29, 0.717) is 11.6 Å². The SMILES string of the molecule is CCNN/C(CC)=N/c1cc(N2CCN(C)CC2)nc(/C=C/c2ccc(OC)cc2)n1. The fraction of sp³-hybridized carbons (Fsp3) is 0.435. The van der Waals surface area contributed by atoms with Gasteiger partial charge in [-0.1, -0.05) is 32.1 Å². The van der Waals surface area contributed by atoms with E-state index in [1.807, 2.05) is 49.4 Å². The van der Waals surface area contributed by atoms with Crippen molar-refractivity contribution in [1.82, 2.24) is 25.7 Å². The van der Waals surface area contributed by atoms with Gasteiger partial charge in [-0.3, -0.25) is 0 Å². The Morgan fingerprint density at radius 1 is 1.10 bits per heavy atom. The molecule has 1 aromatic heterocycles.